The second-order valence-corrected chi connectivity index (χ2v) is 9.07. The Bertz CT molecular complexity index is 860. The fourth-order valence-corrected chi connectivity index (χ4v) is 4.01. The van der Waals surface area contributed by atoms with Crippen molar-refractivity contribution in [1.29, 1.82) is 0 Å². The monoisotopic (exact) mass is 577 g/mol. The summed E-state index contributed by atoms with van der Waals surface area (Å²) < 4.78 is 57.7. The van der Waals surface area contributed by atoms with Gasteiger partial charge in [-0.1, -0.05) is 6.92 Å². The molecule has 0 aromatic carbocycles. The van der Waals surface area contributed by atoms with Crippen LogP contribution in [0.15, 0.2) is 4.99 Å². The largest absolute Gasteiger partial charge is 1.00 e. The van der Waals surface area contributed by atoms with E-state index in [0.717, 1.165) is 6.92 Å². The molecule has 5 N–H and O–H groups in total. The minimum atomic E-state index is -5.22. The van der Waals surface area contributed by atoms with Gasteiger partial charge in [0.15, 0.2) is 18.7 Å². The fraction of sp³-hybridized carbons (Fsp3) is 0.889. The number of aliphatic hydroxyl groups excluding tert-OH is 4. The number of aliphatic hydroxyl groups is 4. The summed E-state index contributed by atoms with van der Waals surface area (Å²) in [7, 11) is -5.22. The molecule has 2 saturated heterocycles. The molecule has 0 saturated carbocycles. The van der Waals surface area contributed by atoms with Crippen LogP contribution in [0.1, 0.15) is 27.2 Å². The van der Waals surface area contributed by atoms with E-state index in [4.69, 9.17) is 23.5 Å². The van der Waals surface area contributed by atoms with E-state index in [1.54, 1.807) is 6.92 Å². The Kier molecular flexibility index (Phi) is 16.3. The molecule has 0 aromatic heterocycles. The van der Waals surface area contributed by atoms with E-state index in [2.05, 4.69) is 9.18 Å². The summed E-state index contributed by atoms with van der Waals surface area (Å²) in [5.74, 6) is -2.78. The quantitative estimate of drug-likeness (QED) is 0.0699. The second-order valence-electron chi connectivity index (χ2n) is 8.02. The summed E-state index contributed by atoms with van der Waals surface area (Å²) in [6.45, 7) is 3.38. The Hall–Kier alpha value is 0.490. The molecule has 19 heteroatoms. The molecule has 204 valence electrons. The van der Waals surface area contributed by atoms with Crippen molar-refractivity contribution in [3.05, 3.63) is 0 Å². The summed E-state index contributed by atoms with van der Waals surface area (Å²) in [6.07, 6.45) is -17.4. The van der Waals surface area contributed by atoms with Crippen LogP contribution in [0.4, 0.5) is 0 Å². The number of ether oxygens (including phenoxy) is 4. The van der Waals surface area contributed by atoms with Crippen LogP contribution in [0.25, 0.3) is 0 Å². The minimum Gasteiger partial charge on any atom is -0.862 e. The zero-order valence-electron chi connectivity index (χ0n) is 20.9. The van der Waals surface area contributed by atoms with Crippen molar-refractivity contribution in [2.75, 3.05) is 6.61 Å². The van der Waals surface area contributed by atoms with Gasteiger partial charge >= 0.3 is 69.5 Å². The first-order valence-corrected chi connectivity index (χ1v) is 11.9. The van der Waals surface area contributed by atoms with Crippen LogP contribution in [0.2, 0.25) is 0 Å². The SMILES string of the molecule is CC[C@H](C)O[C@@H]1O[C@H](C(=O)[O-])[C@@H](O[C@H]2O[C@H](CO)[C@@H](O)[C@H](O)[C@H]2N=C(C)[O-])[C@H](O)[C@H]1OS(=O)(=O)O.[Na+].[Na+]. The first-order chi connectivity index (χ1) is 16.2. The Balaban J connectivity index is 0.00000648. The van der Waals surface area contributed by atoms with Crippen molar-refractivity contribution in [2.45, 2.75) is 94.6 Å². The number of hydrogen-bond donors (Lipinski definition) is 5. The molecule has 0 amide bonds. The van der Waals surface area contributed by atoms with Gasteiger partial charge < -0.3 is 54.4 Å². The topological polar surface area (TPSA) is 257 Å². The van der Waals surface area contributed by atoms with Crippen LogP contribution < -0.4 is 69.3 Å². The molecule has 0 radical (unpaired) electrons. The third-order valence-electron chi connectivity index (χ3n) is 5.40. The zero-order valence-corrected chi connectivity index (χ0v) is 25.8. The molecule has 2 fully saturated rings. The van der Waals surface area contributed by atoms with E-state index in [1.165, 1.54) is 6.92 Å². The minimum absolute atomic E-state index is 0. The number of hydrogen-bond acceptors (Lipinski definition) is 15. The summed E-state index contributed by atoms with van der Waals surface area (Å²) in [6, 6.07) is -1.66. The number of carbonyl (C=O) groups excluding carboxylic acids is 1. The van der Waals surface area contributed by atoms with Gasteiger partial charge in [-0.15, -0.1) is 0 Å². The van der Waals surface area contributed by atoms with E-state index in [-0.39, 0.29) is 59.1 Å². The Morgan fingerprint density at radius 1 is 1.05 bits per heavy atom. The number of carbonyl (C=O) groups is 1. The average molecular weight is 577 g/mol. The van der Waals surface area contributed by atoms with Gasteiger partial charge in [-0.05, 0) is 26.2 Å². The molecule has 37 heavy (non-hydrogen) atoms. The molecule has 0 spiro atoms. The fourth-order valence-electron chi connectivity index (χ4n) is 3.53. The van der Waals surface area contributed by atoms with Gasteiger partial charge in [-0.3, -0.25) is 9.55 Å². The van der Waals surface area contributed by atoms with E-state index < -0.39 is 96.3 Å². The number of aliphatic carboxylic acids is 1. The van der Waals surface area contributed by atoms with Crippen LogP contribution in [0.3, 0.4) is 0 Å². The first kappa shape index (κ1) is 37.5. The summed E-state index contributed by atoms with van der Waals surface area (Å²) in [5.41, 5.74) is 0. The van der Waals surface area contributed by atoms with Crippen molar-refractivity contribution in [2.24, 2.45) is 4.99 Å². The van der Waals surface area contributed by atoms with Crippen LogP contribution in [0, 0.1) is 0 Å². The first-order valence-electron chi connectivity index (χ1n) is 10.5. The average Bonchev–Trinajstić information content (AvgIpc) is 2.75. The molecule has 2 heterocycles. The molecule has 2 rings (SSSR count). The zero-order chi connectivity index (χ0) is 26.7. The number of aliphatic imine (C=N–C) groups is 1. The Morgan fingerprint density at radius 3 is 2.11 bits per heavy atom. The maximum absolute atomic E-state index is 11.8. The van der Waals surface area contributed by atoms with Crippen molar-refractivity contribution in [1.82, 2.24) is 0 Å². The molecular formula is C18H29NNa2O15S. The predicted molar refractivity (Wildman–Crippen MR) is 106 cm³/mol. The maximum atomic E-state index is 11.8. The Morgan fingerprint density at radius 2 is 1.65 bits per heavy atom. The Labute approximate surface area is 257 Å². The summed E-state index contributed by atoms with van der Waals surface area (Å²) in [4.78, 5) is 15.4. The summed E-state index contributed by atoms with van der Waals surface area (Å²) >= 11 is 0. The van der Waals surface area contributed by atoms with Gasteiger partial charge in [0.2, 0.25) is 0 Å². The van der Waals surface area contributed by atoms with E-state index in [0.29, 0.717) is 6.42 Å². The second kappa shape index (κ2) is 16.1. The smallest absolute Gasteiger partial charge is 0.862 e. The number of carboxylic acid groups (broad SMARTS) is 1. The van der Waals surface area contributed by atoms with Crippen LogP contribution in [-0.2, 0) is 38.3 Å². The molecule has 2 aliphatic heterocycles. The third kappa shape index (κ3) is 10.1. The van der Waals surface area contributed by atoms with Crippen LogP contribution in [-0.4, -0.2) is 119 Å². The van der Waals surface area contributed by atoms with Gasteiger partial charge in [-0.25, -0.2) is 4.18 Å². The predicted octanol–water partition coefficient (Wildman–Crippen LogP) is -11.2. The van der Waals surface area contributed by atoms with Crippen LogP contribution in [0.5, 0.6) is 0 Å². The van der Waals surface area contributed by atoms with Gasteiger partial charge in [-0.2, -0.15) is 8.42 Å². The molecular weight excluding hydrogens is 548 g/mol. The standard InChI is InChI=1S/C18H31NO15S.2Na/c1-4-6(2)30-18-14(34-35(27,28)29)12(24)13(15(33-18)16(25)26)32-17-9(19-7(3)21)11(23)10(22)8(5-20)31-17;;/h6,8-15,17-18,20,22-24H,4-5H2,1-3H3,(H,19,21)(H,25,26)(H,27,28,29);;/q;2*+1/p-2/t6-,8+,9+,10+,11+,12-,13-,14+,15-,17+,18+;;/m0../s1. The van der Waals surface area contributed by atoms with Gasteiger partial charge in [0, 0.05) is 0 Å². The van der Waals surface area contributed by atoms with Crippen molar-refractivity contribution < 1.29 is 131 Å². The van der Waals surface area contributed by atoms with Crippen molar-refractivity contribution in [3.63, 3.8) is 0 Å². The van der Waals surface area contributed by atoms with Crippen LogP contribution >= 0.6 is 0 Å². The molecule has 16 nitrogen and oxygen atoms in total. The van der Waals surface area contributed by atoms with Gasteiger partial charge in [0.1, 0.15) is 42.7 Å². The molecule has 0 aliphatic carbocycles. The number of rotatable bonds is 10. The normalized spacial score (nSPS) is 37.7. The van der Waals surface area contributed by atoms with E-state index in [9.17, 15) is 43.9 Å². The molecule has 0 bridgehead atoms. The number of nitrogens with zero attached hydrogens (tertiary/aromatic N) is 1. The van der Waals surface area contributed by atoms with Crippen molar-refractivity contribution in [3.8, 4) is 0 Å². The summed E-state index contributed by atoms with van der Waals surface area (Å²) in [5, 5.41) is 64.0. The maximum Gasteiger partial charge on any atom is 1.00 e. The molecule has 11 atom stereocenters. The van der Waals surface area contributed by atoms with Gasteiger partial charge in [0.05, 0.1) is 18.7 Å². The third-order valence-corrected chi connectivity index (χ3v) is 5.86. The molecule has 0 aromatic rings. The molecule has 0 unspecified atom stereocenters. The number of carboxylic acids is 1. The van der Waals surface area contributed by atoms with Crippen molar-refractivity contribution >= 4 is 22.3 Å². The molecule has 2 aliphatic rings. The van der Waals surface area contributed by atoms with E-state index in [1.807, 2.05) is 0 Å². The van der Waals surface area contributed by atoms with Gasteiger partial charge in [0.25, 0.3) is 0 Å². The van der Waals surface area contributed by atoms with E-state index >= 15 is 0 Å².